The lowest BCUT2D eigenvalue weighted by atomic mass is 10.3. The normalized spacial score (nSPS) is 16.1. The molecule has 1 fully saturated rings. The molecule has 122 valence electrons. The lowest BCUT2D eigenvalue weighted by Crippen LogP contribution is -2.48. The summed E-state index contributed by atoms with van der Waals surface area (Å²) in [6.07, 6.45) is 1.81. The monoisotopic (exact) mass is 409 g/mol. The number of nitrogens with zero attached hydrogens (tertiary/aromatic N) is 3. The number of guanidine groups is 1. The smallest absolute Gasteiger partial charge is 0.219 e. The van der Waals surface area contributed by atoms with E-state index >= 15 is 0 Å². The van der Waals surface area contributed by atoms with Crippen LogP contribution in [0.3, 0.4) is 0 Å². The lowest BCUT2D eigenvalue weighted by molar-refractivity contribution is -0.130. The fraction of sp³-hybridized carbons (Fsp3) is 0.714. The van der Waals surface area contributed by atoms with Crippen LogP contribution in [-0.4, -0.2) is 74.0 Å². The van der Waals surface area contributed by atoms with Crippen LogP contribution in [0.25, 0.3) is 0 Å². The minimum absolute atomic E-state index is 0. The minimum Gasteiger partial charge on any atom is -0.357 e. The Balaban J connectivity index is 0.00000400. The van der Waals surface area contributed by atoms with Crippen LogP contribution in [-0.2, 0) is 4.79 Å². The zero-order valence-corrected chi connectivity index (χ0v) is 15.4. The zero-order valence-electron chi connectivity index (χ0n) is 13.1. The second-order valence-corrected chi connectivity index (χ2v) is 4.78. The Morgan fingerprint density at radius 3 is 2.48 bits per heavy atom. The predicted molar refractivity (Wildman–Crippen MR) is 98.3 cm³/mol. The maximum atomic E-state index is 11.2. The van der Waals surface area contributed by atoms with E-state index in [1.165, 1.54) is 0 Å². The third-order valence-electron chi connectivity index (χ3n) is 3.26. The van der Waals surface area contributed by atoms with Gasteiger partial charge < -0.3 is 15.5 Å². The van der Waals surface area contributed by atoms with Crippen LogP contribution in [0.5, 0.6) is 0 Å². The molecule has 1 amide bonds. The highest BCUT2D eigenvalue weighted by Gasteiger charge is 2.17. The number of carbonyl (C=O) groups is 1. The first kappa shape index (κ1) is 20.2. The van der Waals surface area contributed by atoms with Gasteiger partial charge >= 0.3 is 0 Å². The first-order chi connectivity index (χ1) is 9.67. The molecule has 0 radical (unpaired) electrons. The molecule has 1 aliphatic rings. The molecule has 0 aromatic heterocycles. The number of rotatable bonds is 6. The summed E-state index contributed by atoms with van der Waals surface area (Å²) in [5.74, 6) is 1.00. The minimum atomic E-state index is 0. The van der Waals surface area contributed by atoms with Gasteiger partial charge in [-0.25, -0.2) is 0 Å². The van der Waals surface area contributed by atoms with Gasteiger partial charge in [-0.3, -0.25) is 14.7 Å². The summed E-state index contributed by atoms with van der Waals surface area (Å²) in [6.45, 7) is 14.1. The van der Waals surface area contributed by atoms with Gasteiger partial charge in [-0.2, -0.15) is 0 Å². The van der Waals surface area contributed by atoms with Crippen molar-refractivity contribution < 1.29 is 4.79 Å². The van der Waals surface area contributed by atoms with Crippen molar-refractivity contribution in [2.24, 2.45) is 4.99 Å². The van der Waals surface area contributed by atoms with Crippen molar-refractivity contribution in [3.8, 4) is 0 Å². The van der Waals surface area contributed by atoms with Crippen LogP contribution in [0.1, 0.15) is 13.8 Å². The van der Waals surface area contributed by atoms with Crippen LogP contribution >= 0.6 is 24.0 Å². The quantitative estimate of drug-likeness (QED) is 0.291. The molecule has 0 aliphatic carbocycles. The Labute approximate surface area is 145 Å². The fourth-order valence-electron chi connectivity index (χ4n) is 2.10. The Bertz CT molecular complexity index is 340. The maximum absolute atomic E-state index is 11.2. The van der Waals surface area contributed by atoms with Gasteiger partial charge in [0.25, 0.3) is 0 Å². The molecule has 6 nitrogen and oxygen atoms in total. The third-order valence-corrected chi connectivity index (χ3v) is 3.26. The summed E-state index contributed by atoms with van der Waals surface area (Å²) in [4.78, 5) is 20.0. The van der Waals surface area contributed by atoms with E-state index < -0.39 is 0 Å². The highest BCUT2D eigenvalue weighted by atomic mass is 127. The molecular formula is C14H28IN5O. The highest BCUT2D eigenvalue weighted by molar-refractivity contribution is 14.0. The largest absolute Gasteiger partial charge is 0.357 e. The third kappa shape index (κ3) is 8.25. The molecule has 0 saturated carbocycles. The van der Waals surface area contributed by atoms with E-state index in [1.807, 2.05) is 17.9 Å². The first-order valence-corrected chi connectivity index (χ1v) is 7.28. The van der Waals surface area contributed by atoms with Crippen LogP contribution in [0.4, 0.5) is 0 Å². The molecule has 21 heavy (non-hydrogen) atoms. The van der Waals surface area contributed by atoms with Crippen molar-refractivity contribution in [1.29, 1.82) is 0 Å². The molecule has 0 spiro atoms. The van der Waals surface area contributed by atoms with Crippen molar-refractivity contribution in [3.63, 3.8) is 0 Å². The number of piperazine rings is 1. The molecule has 0 bridgehead atoms. The Morgan fingerprint density at radius 2 is 1.95 bits per heavy atom. The topological polar surface area (TPSA) is 60.0 Å². The fourth-order valence-corrected chi connectivity index (χ4v) is 2.10. The Morgan fingerprint density at radius 1 is 1.29 bits per heavy atom. The van der Waals surface area contributed by atoms with Gasteiger partial charge in [-0.15, -0.1) is 30.6 Å². The maximum Gasteiger partial charge on any atom is 0.219 e. The van der Waals surface area contributed by atoms with Gasteiger partial charge in [-0.1, -0.05) is 6.08 Å². The zero-order chi connectivity index (χ0) is 14.8. The molecule has 7 heteroatoms. The van der Waals surface area contributed by atoms with Crippen molar-refractivity contribution in [2.75, 3.05) is 52.4 Å². The average molecular weight is 409 g/mol. The van der Waals surface area contributed by atoms with Crippen molar-refractivity contribution >= 4 is 35.8 Å². The molecule has 1 heterocycles. The van der Waals surface area contributed by atoms with Gasteiger partial charge in [0.15, 0.2) is 5.96 Å². The van der Waals surface area contributed by atoms with Gasteiger partial charge in [0.2, 0.25) is 5.91 Å². The number of hydrogen-bond donors (Lipinski definition) is 2. The summed E-state index contributed by atoms with van der Waals surface area (Å²) in [5, 5.41) is 6.38. The number of halogens is 1. The van der Waals surface area contributed by atoms with E-state index in [2.05, 4.69) is 27.1 Å². The molecule has 2 N–H and O–H groups in total. The van der Waals surface area contributed by atoms with E-state index in [-0.39, 0.29) is 29.9 Å². The predicted octanol–water partition coefficient (Wildman–Crippen LogP) is 0.510. The summed E-state index contributed by atoms with van der Waals surface area (Å²) < 4.78 is 0. The van der Waals surface area contributed by atoms with Gasteiger partial charge in [0.1, 0.15) is 0 Å². The van der Waals surface area contributed by atoms with Crippen LogP contribution < -0.4 is 10.6 Å². The summed E-state index contributed by atoms with van der Waals surface area (Å²) in [6, 6.07) is 0. The molecule has 1 rings (SSSR count). The summed E-state index contributed by atoms with van der Waals surface area (Å²) >= 11 is 0. The van der Waals surface area contributed by atoms with Crippen molar-refractivity contribution in [1.82, 2.24) is 20.4 Å². The van der Waals surface area contributed by atoms with Gasteiger partial charge in [0, 0.05) is 52.7 Å². The lowest BCUT2D eigenvalue weighted by Gasteiger charge is -2.33. The Hall–Kier alpha value is -0.830. The molecule has 0 aromatic carbocycles. The highest BCUT2D eigenvalue weighted by Crippen LogP contribution is 2.01. The number of amides is 1. The molecular weight excluding hydrogens is 381 g/mol. The Kier molecular flexibility index (Phi) is 11.3. The van der Waals surface area contributed by atoms with E-state index in [0.717, 1.165) is 51.8 Å². The van der Waals surface area contributed by atoms with E-state index in [0.29, 0.717) is 6.54 Å². The van der Waals surface area contributed by atoms with E-state index in [9.17, 15) is 4.79 Å². The van der Waals surface area contributed by atoms with Crippen LogP contribution in [0.2, 0.25) is 0 Å². The van der Waals surface area contributed by atoms with E-state index in [1.54, 1.807) is 6.92 Å². The van der Waals surface area contributed by atoms with Crippen LogP contribution in [0.15, 0.2) is 17.6 Å². The molecule has 1 aliphatic heterocycles. The first-order valence-electron chi connectivity index (χ1n) is 7.28. The standard InChI is InChI=1S/C14H27N5O.HI/c1-4-6-16-14(15-5-2)17-7-8-18-9-11-19(12-10-18)13(3)20;/h4H,1,5-12H2,2-3H3,(H2,15,16,17);1H. The molecule has 0 aromatic rings. The number of aliphatic imine (C=N–C) groups is 1. The van der Waals surface area contributed by atoms with Crippen molar-refractivity contribution in [2.45, 2.75) is 13.8 Å². The molecule has 0 unspecified atom stereocenters. The van der Waals surface area contributed by atoms with E-state index in [4.69, 9.17) is 0 Å². The number of nitrogens with one attached hydrogen (secondary N) is 2. The molecule has 1 saturated heterocycles. The van der Waals surface area contributed by atoms with Gasteiger partial charge in [0.05, 0.1) is 6.54 Å². The van der Waals surface area contributed by atoms with Crippen LogP contribution in [0, 0.1) is 0 Å². The second-order valence-electron chi connectivity index (χ2n) is 4.78. The number of hydrogen-bond acceptors (Lipinski definition) is 3. The number of carbonyl (C=O) groups excluding carboxylic acids is 1. The van der Waals surface area contributed by atoms with Gasteiger partial charge in [-0.05, 0) is 6.92 Å². The molecule has 0 atom stereocenters. The summed E-state index contributed by atoms with van der Waals surface area (Å²) in [5.41, 5.74) is 0. The van der Waals surface area contributed by atoms with Crippen molar-refractivity contribution in [3.05, 3.63) is 12.7 Å². The average Bonchev–Trinajstić information content (AvgIpc) is 2.45. The second kappa shape index (κ2) is 11.8. The summed E-state index contributed by atoms with van der Waals surface area (Å²) in [7, 11) is 0. The SMILES string of the molecule is C=CCNC(=NCCN1CCN(C(C)=O)CC1)NCC.I.